The van der Waals surface area contributed by atoms with E-state index in [1.807, 2.05) is 6.92 Å². The van der Waals surface area contributed by atoms with Crippen LogP contribution in [0, 0.1) is 0 Å². The van der Waals surface area contributed by atoms with Gasteiger partial charge >= 0.3 is 0 Å². The minimum Gasteiger partial charge on any atom is -0.394 e. The second-order valence-corrected chi connectivity index (χ2v) is 3.99. The van der Waals surface area contributed by atoms with Gasteiger partial charge in [-0.3, -0.25) is 4.90 Å². The summed E-state index contributed by atoms with van der Waals surface area (Å²) in [5, 5.41) is 8.63. The third-order valence-electron chi connectivity index (χ3n) is 2.44. The van der Waals surface area contributed by atoms with Crippen LogP contribution in [-0.4, -0.2) is 75.9 Å². The summed E-state index contributed by atoms with van der Waals surface area (Å²) in [5.41, 5.74) is 0. The van der Waals surface area contributed by atoms with Crippen LogP contribution in [0.5, 0.6) is 0 Å². The summed E-state index contributed by atoms with van der Waals surface area (Å²) >= 11 is 0. The quantitative estimate of drug-likeness (QED) is 0.469. The summed E-state index contributed by atoms with van der Waals surface area (Å²) in [6.45, 7) is 10.9. The minimum atomic E-state index is 0.0819. The first-order valence-electron chi connectivity index (χ1n) is 6.91. The standard InChI is InChI=1S/C13H29NO4/c1-3-9-17-11-6-14(5-10-16-4-2)7-12-18-13-8-15/h15H,3-13H2,1-2H3. The molecule has 0 heterocycles. The first kappa shape index (κ1) is 17.8. The van der Waals surface area contributed by atoms with Crippen molar-refractivity contribution in [1.29, 1.82) is 0 Å². The molecule has 18 heavy (non-hydrogen) atoms. The molecule has 0 fully saturated rings. The molecule has 1 N–H and O–H groups in total. The lowest BCUT2D eigenvalue weighted by atomic mass is 10.4. The molecule has 110 valence electrons. The van der Waals surface area contributed by atoms with Gasteiger partial charge in [0.1, 0.15) is 0 Å². The van der Waals surface area contributed by atoms with E-state index in [1.54, 1.807) is 0 Å². The predicted octanol–water partition coefficient (Wildman–Crippen LogP) is 0.760. The Kier molecular flexibility index (Phi) is 14.7. The summed E-state index contributed by atoms with van der Waals surface area (Å²) in [5.74, 6) is 0. The number of hydrogen-bond acceptors (Lipinski definition) is 5. The van der Waals surface area contributed by atoms with E-state index in [2.05, 4.69) is 11.8 Å². The highest BCUT2D eigenvalue weighted by Crippen LogP contribution is 1.92. The fourth-order valence-corrected chi connectivity index (χ4v) is 1.47. The molecule has 0 saturated heterocycles. The zero-order valence-electron chi connectivity index (χ0n) is 11.9. The molecule has 0 aromatic rings. The Morgan fingerprint density at radius 3 is 1.83 bits per heavy atom. The maximum atomic E-state index is 8.63. The molecule has 5 heteroatoms. The van der Waals surface area contributed by atoms with Gasteiger partial charge in [0.2, 0.25) is 0 Å². The molecule has 0 aliphatic rings. The van der Waals surface area contributed by atoms with E-state index < -0.39 is 0 Å². The van der Waals surface area contributed by atoms with Crippen LogP contribution >= 0.6 is 0 Å². The Labute approximate surface area is 111 Å². The first-order chi connectivity index (χ1) is 8.85. The van der Waals surface area contributed by atoms with Gasteiger partial charge in [0.05, 0.1) is 33.0 Å². The molecular formula is C13H29NO4. The molecule has 5 nitrogen and oxygen atoms in total. The number of hydrogen-bond donors (Lipinski definition) is 1. The van der Waals surface area contributed by atoms with Gasteiger partial charge in [-0.1, -0.05) is 6.92 Å². The van der Waals surface area contributed by atoms with Crippen molar-refractivity contribution in [3.05, 3.63) is 0 Å². The van der Waals surface area contributed by atoms with Gasteiger partial charge in [-0.2, -0.15) is 0 Å². The summed E-state index contributed by atoms with van der Waals surface area (Å²) < 4.78 is 16.1. The lowest BCUT2D eigenvalue weighted by molar-refractivity contribution is 0.0457. The number of aliphatic hydroxyl groups excluding tert-OH is 1. The Morgan fingerprint density at radius 2 is 1.33 bits per heavy atom. The molecule has 0 spiro atoms. The van der Waals surface area contributed by atoms with Gasteiger partial charge < -0.3 is 19.3 Å². The normalized spacial score (nSPS) is 11.3. The molecule has 0 amide bonds. The van der Waals surface area contributed by atoms with Gasteiger partial charge in [-0.25, -0.2) is 0 Å². The van der Waals surface area contributed by atoms with Crippen LogP contribution in [-0.2, 0) is 14.2 Å². The summed E-state index contributed by atoms with van der Waals surface area (Å²) in [6, 6.07) is 0. The van der Waals surface area contributed by atoms with Crippen molar-refractivity contribution in [3.63, 3.8) is 0 Å². The van der Waals surface area contributed by atoms with Crippen molar-refractivity contribution in [2.24, 2.45) is 0 Å². The summed E-state index contributed by atoms with van der Waals surface area (Å²) in [7, 11) is 0. The van der Waals surface area contributed by atoms with Crippen molar-refractivity contribution in [2.75, 3.05) is 65.9 Å². The van der Waals surface area contributed by atoms with E-state index >= 15 is 0 Å². The van der Waals surface area contributed by atoms with Crippen LogP contribution in [0.3, 0.4) is 0 Å². The summed E-state index contributed by atoms with van der Waals surface area (Å²) in [4.78, 5) is 2.27. The van der Waals surface area contributed by atoms with Gasteiger partial charge in [-0.15, -0.1) is 0 Å². The van der Waals surface area contributed by atoms with E-state index in [9.17, 15) is 0 Å². The number of rotatable bonds is 14. The highest BCUT2D eigenvalue weighted by atomic mass is 16.5. The largest absolute Gasteiger partial charge is 0.394 e. The molecule has 0 bridgehead atoms. The topological polar surface area (TPSA) is 51.2 Å². The fourth-order valence-electron chi connectivity index (χ4n) is 1.47. The monoisotopic (exact) mass is 263 g/mol. The van der Waals surface area contributed by atoms with Crippen molar-refractivity contribution < 1.29 is 19.3 Å². The number of aliphatic hydroxyl groups is 1. The van der Waals surface area contributed by atoms with Crippen molar-refractivity contribution in [1.82, 2.24) is 4.90 Å². The van der Waals surface area contributed by atoms with E-state index in [0.29, 0.717) is 13.2 Å². The van der Waals surface area contributed by atoms with Crippen LogP contribution in [0.1, 0.15) is 20.3 Å². The number of ether oxygens (including phenoxy) is 3. The van der Waals surface area contributed by atoms with Gasteiger partial charge in [0, 0.05) is 32.8 Å². The molecule has 0 aliphatic carbocycles. The molecule has 0 saturated carbocycles. The third kappa shape index (κ3) is 12.3. The average molecular weight is 263 g/mol. The van der Waals surface area contributed by atoms with Crippen LogP contribution in [0.15, 0.2) is 0 Å². The van der Waals surface area contributed by atoms with Gasteiger partial charge in [0.15, 0.2) is 0 Å². The zero-order chi connectivity index (χ0) is 13.5. The molecular weight excluding hydrogens is 234 g/mol. The summed E-state index contributed by atoms with van der Waals surface area (Å²) in [6.07, 6.45) is 1.05. The van der Waals surface area contributed by atoms with Crippen LogP contribution in [0.4, 0.5) is 0 Å². The SMILES string of the molecule is CCCOCCN(CCOCC)CCOCCO. The highest BCUT2D eigenvalue weighted by Gasteiger charge is 2.04. The lowest BCUT2D eigenvalue weighted by Crippen LogP contribution is -2.34. The Hall–Kier alpha value is -0.200. The molecule has 0 unspecified atom stereocenters. The molecule has 0 radical (unpaired) electrons. The van der Waals surface area contributed by atoms with Crippen LogP contribution < -0.4 is 0 Å². The first-order valence-corrected chi connectivity index (χ1v) is 6.91. The molecule has 0 aromatic heterocycles. The average Bonchev–Trinajstić information content (AvgIpc) is 2.39. The fraction of sp³-hybridized carbons (Fsp3) is 1.00. The van der Waals surface area contributed by atoms with Crippen LogP contribution in [0.25, 0.3) is 0 Å². The lowest BCUT2D eigenvalue weighted by Gasteiger charge is -2.22. The highest BCUT2D eigenvalue weighted by molar-refractivity contribution is 4.57. The molecule has 0 atom stereocenters. The Balaban J connectivity index is 3.62. The third-order valence-corrected chi connectivity index (χ3v) is 2.44. The molecule has 0 aliphatic heterocycles. The Bertz CT molecular complexity index is 146. The minimum absolute atomic E-state index is 0.0819. The predicted molar refractivity (Wildman–Crippen MR) is 71.9 cm³/mol. The van der Waals surface area contributed by atoms with E-state index in [4.69, 9.17) is 19.3 Å². The van der Waals surface area contributed by atoms with Gasteiger partial charge in [-0.05, 0) is 13.3 Å². The molecule has 0 rings (SSSR count). The second-order valence-electron chi connectivity index (χ2n) is 3.99. The maximum Gasteiger partial charge on any atom is 0.0698 e. The maximum absolute atomic E-state index is 8.63. The van der Waals surface area contributed by atoms with Crippen LogP contribution in [0.2, 0.25) is 0 Å². The van der Waals surface area contributed by atoms with Gasteiger partial charge in [0.25, 0.3) is 0 Å². The van der Waals surface area contributed by atoms with Crippen molar-refractivity contribution >= 4 is 0 Å². The van der Waals surface area contributed by atoms with E-state index in [-0.39, 0.29) is 6.61 Å². The second kappa shape index (κ2) is 14.9. The van der Waals surface area contributed by atoms with E-state index in [1.165, 1.54) is 0 Å². The Morgan fingerprint density at radius 1 is 0.778 bits per heavy atom. The zero-order valence-corrected chi connectivity index (χ0v) is 11.9. The molecule has 0 aromatic carbocycles. The van der Waals surface area contributed by atoms with Crippen molar-refractivity contribution in [2.45, 2.75) is 20.3 Å². The smallest absolute Gasteiger partial charge is 0.0698 e. The van der Waals surface area contributed by atoms with E-state index in [0.717, 1.165) is 52.5 Å². The van der Waals surface area contributed by atoms with Crippen molar-refractivity contribution in [3.8, 4) is 0 Å². The number of nitrogens with zero attached hydrogens (tertiary/aromatic N) is 1.